The Balaban J connectivity index is 1.65. The fourth-order valence-electron chi connectivity index (χ4n) is 4.34. The summed E-state index contributed by atoms with van der Waals surface area (Å²) in [5.41, 5.74) is 1.13. The molecular formula is C24H26ClN3O3S2. The molecule has 0 saturated carbocycles. The van der Waals surface area contributed by atoms with Gasteiger partial charge in [0, 0.05) is 25.2 Å². The molecule has 3 aromatic rings. The van der Waals surface area contributed by atoms with Gasteiger partial charge in [-0.1, -0.05) is 48.9 Å². The summed E-state index contributed by atoms with van der Waals surface area (Å²) in [5, 5.41) is 0.579. The third kappa shape index (κ3) is 4.84. The minimum atomic E-state index is -3.60. The molecule has 6 nitrogen and oxygen atoms in total. The Labute approximate surface area is 202 Å². The number of benzene rings is 2. The first kappa shape index (κ1) is 23.9. The van der Waals surface area contributed by atoms with Crippen LogP contribution in [0.2, 0.25) is 5.02 Å². The van der Waals surface area contributed by atoms with E-state index in [1.54, 1.807) is 16.4 Å². The molecule has 2 atom stereocenters. The highest BCUT2D eigenvalue weighted by molar-refractivity contribution is 7.89. The van der Waals surface area contributed by atoms with Gasteiger partial charge in [0.15, 0.2) is 4.80 Å². The third-order valence-corrected chi connectivity index (χ3v) is 8.93. The van der Waals surface area contributed by atoms with Crippen molar-refractivity contribution in [3.63, 3.8) is 0 Å². The number of halogens is 1. The lowest BCUT2D eigenvalue weighted by Crippen LogP contribution is -2.42. The van der Waals surface area contributed by atoms with Gasteiger partial charge in [-0.2, -0.15) is 9.30 Å². The number of sulfonamides is 1. The van der Waals surface area contributed by atoms with Gasteiger partial charge < -0.3 is 4.57 Å². The zero-order valence-electron chi connectivity index (χ0n) is 18.6. The molecule has 0 bridgehead atoms. The highest BCUT2D eigenvalue weighted by Gasteiger charge is 2.31. The number of rotatable bonds is 5. The number of para-hydroxylation sites is 1. The van der Waals surface area contributed by atoms with E-state index in [1.807, 2.05) is 16.7 Å². The second-order valence-electron chi connectivity index (χ2n) is 8.58. The van der Waals surface area contributed by atoms with E-state index in [-0.39, 0.29) is 4.90 Å². The maximum Gasteiger partial charge on any atom is 0.279 e. The van der Waals surface area contributed by atoms with Crippen molar-refractivity contribution in [3.8, 4) is 0 Å². The molecule has 0 aliphatic carbocycles. The molecule has 1 saturated heterocycles. The van der Waals surface area contributed by atoms with Crippen LogP contribution in [0.5, 0.6) is 0 Å². The van der Waals surface area contributed by atoms with Crippen molar-refractivity contribution in [2.75, 3.05) is 13.1 Å². The van der Waals surface area contributed by atoms with E-state index in [9.17, 15) is 13.2 Å². The first-order valence-corrected chi connectivity index (χ1v) is 13.4. The summed E-state index contributed by atoms with van der Waals surface area (Å²) >= 11 is 7.74. The fraction of sp³-hybridized carbons (Fsp3) is 0.333. The Morgan fingerprint density at radius 2 is 1.85 bits per heavy atom. The van der Waals surface area contributed by atoms with Crippen LogP contribution in [0.15, 0.2) is 65.0 Å². The van der Waals surface area contributed by atoms with Crippen LogP contribution in [-0.2, 0) is 16.6 Å². The zero-order valence-corrected chi connectivity index (χ0v) is 21.0. The van der Waals surface area contributed by atoms with Crippen LogP contribution in [0.3, 0.4) is 0 Å². The first-order valence-electron chi connectivity index (χ1n) is 10.8. The van der Waals surface area contributed by atoms with Crippen LogP contribution in [0, 0.1) is 11.8 Å². The van der Waals surface area contributed by atoms with E-state index in [0.29, 0.717) is 46.9 Å². The number of aromatic nitrogens is 1. The highest BCUT2D eigenvalue weighted by atomic mass is 35.5. The average Bonchev–Trinajstić information content (AvgIpc) is 3.11. The summed E-state index contributed by atoms with van der Waals surface area (Å²) < 4.78 is 30.5. The van der Waals surface area contributed by atoms with Crippen molar-refractivity contribution >= 4 is 49.1 Å². The van der Waals surface area contributed by atoms with E-state index in [4.69, 9.17) is 11.6 Å². The molecule has 2 heterocycles. The van der Waals surface area contributed by atoms with E-state index < -0.39 is 15.9 Å². The summed E-state index contributed by atoms with van der Waals surface area (Å²) in [7, 11) is -3.60. The number of carbonyl (C=O) groups is 1. The molecule has 2 aromatic carbocycles. The Hall–Kier alpha value is -2.26. The van der Waals surface area contributed by atoms with Crippen LogP contribution in [0.25, 0.3) is 10.2 Å². The molecule has 1 aromatic heterocycles. The number of thiazole rings is 1. The molecule has 174 valence electrons. The van der Waals surface area contributed by atoms with Crippen molar-refractivity contribution in [2.24, 2.45) is 16.8 Å². The van der Waals surface area contributed by atoms with Crippen LogP contribution in [-0.4, -0.2) is 36.3 Å². The van der Waals surface area contributed by atoms with E-state index in [1.165, 1.54) is 35.6 Å². The Bertz CT molecular complexity index is 1360. The van der Waals surface area contributed by atoms with Gasteiger partial charge in [-0.15, -0.1) is 6.58 Å². The maximum atomic E-state index is 13.1. The van der Waals surface area contributed by atoms with E-state index in [0.717, 1.165) is 16.6 Å². The number of hydrogen-bond donors (Lipinski definition) is 0. The number of carbonyl (C=O) groups excluding carboxylic acids is 1. The Kier molecular flexibility index (Phi) is 6.91. The van der Waals surface area contributed by atoms with Gasteiger partial charge in [-0.3, -0.25) is 4.79 Å². The van der Waals surface area contributed by atoms with Gasteiger partial charge in [0.25, 0.3) is 5.91 Å². The van der Waals surface area contributed by atoms with Crippen LogP contribution >= 0.6 is 22.9 Å². The van der Waals surface area contributed by atoms with Gasteiger partial charge in [0.2, 0.25) is 10.0 Å². The molecule has 1 amide bonds. The summed E-state index contributed by atoms with van der Waals surface area (Å²) in [4.78, 5) is 17.9. The van der Waals surface area contributed by atoms with Crippen LogP contribution < -0.4 is 4.80 Å². The molecule has 33 heavy (non-hydrogen) atoms. The number of hydrogen-bond acceptors (Lipinski definition) is 4. The molecule has 1 aliphatic rings. The SMILES string of the molecule is C=CCn1c(=NC(=O)c2ccc(S(=O)(=O)N3CC(C)CC(C)C3)cc2)sc2cccc(Cl)c21. The molecule has 9 heteroatoms. The van der Waals surface area contributed by atoms with E-state index in [2.05, 4.69) is 25.4 Å². The Morgan fingerprint density at radius 1 is 1.18 bits per heavy atom. The van der Waals surface area contributed by atoms with Crippen molar-refractivity contribution in [1.29, 1.82) is 0 Å². The highest BCUT2D eigenvalue weighted by Crippen LogP contribution is 2.27. The largest absolute Gasteiger partial charge is 0.311 e. The molecular weight excluding hydrogens is 478 g/mol. The van der Waals surface area contributed by atoms with E-state index >= 15 is 0 Å². The minimum absolute atomic E-state index is 0.190. The lowest BCUT2D eigenvalue weighted by atomic mass is 9.94. The number of piperidine rings is 1. The fourth-order valence-corrected chi connectivity index (χ4v) is 7.42. The maximum absolute atomic E-state index is 13.1. The second-order valence-corrected chi connectivity index (χ2v) is 11.9. The van der Waals surface area contributed by atoms with Gasteiger partial charge in [0.1, 0.15) is 0 Å². The normalized spacial score (nSPS) is 20.3. The number of nitrogens with zero attached hydrogens (tertiary/aromatic N) is 3. The van der Waals surface area contributed by atoms with Crippen molar-refractivity contribution in [1.82, 2.24) is 8.87 Å². The van der Waals surface area contributed by atoms with Gasteiger partial charge in [-0.25, -0.2) is 8.42 Å². The lowest BCUT2D eigenvalue weighted by Gasteiger charge is -2.34. The second kappa shape index (κ2) is 9.54. The molecule has 1 aliphatic heterocycles. The van der Waals surface area contributed by atoms with Crippen molar-refractivity contribution in [2.45, 2.75) is 31.7 Å². The van der Waals surface area contributed by atoms with Crippen LogP contribution in [0.4, 0.5) is 0 Å². The summed E-state index contributed by atoms with van der Waals surface area (Å²) in [6.45, 7) is 9.41. The van der Waals surface area contributed by atoms with Gasteiger partial charge >= 0.3 is 0 Å². The smallest absolute Gasteiger partial charge is 0.279 e. The standard InChI is InChI=1S/C24H26ClN3O3S2/c1-4-12-28-22-20(25)6-5-7-21(22)32-24(28)26-23(29)18-8-10-19(11-9-18)33(30,31)27-14-16(2)13-17(3)15-27/h4-11,16-17H,1,12-15H2,2-3H3. The number of allylic oxidation sites excluding steroid dienone is 1. The molecule has 2 unspecified atom stereocenters. The van der Waals surface area contributed by atoms with Gasteiger partial charge in [-0.05, 0) is 54.7 Å². The monoisotopic (exact) mass is 503 g/mol. The molecule has 4 rings (SSSR count). The molecule has 0 N–H and O–H groups in total. The minimum Gasteiger partial charge on any atom is -0.311 e. The summed E-state index contributed by atoms with van der Waals surface area (Å²) in [5.74, 6) is 0.195. The van der Waals surface area contributed by atoms with Crippen LogP contribution in [0.1, 0.15) is 30.6 Å². The summed E-state index contributed by atoms with van der Waals surface area (Å²) in [6.07, 6.45) is 2.75. The lowest BCUT2D eigenvalue weighted by molar-refractivity contribution is 0.0997. The number of amides is 1. The Morgan fingerprint density at radius 3 is 2.48 bits per heavy atom. The quantitative estimate of drug-likeness (QED) is 0.462. The predicted molar refractivity (Wildman–Crippen MR) is 133 cm³/mol. The van der Waals surface area contributed by atoms with Crippen molar-refractivity contribution in [3.05, 3.63) is 70.5 Å². The number of fused-ring (bicyclic) bond motifs is 1. The third-order valence-electron chi connectivity index (χ3n) is 5.74. The van der Waals surface area contributed by atoms with Gasteiger partial charge in [0.05, 0.1) is 20.1 Å². The molecule has 0 spiro atoms. The topological polar surface area (TPSA) is 71.7 Å². The summed E-state index contributed by atoms with van der Waals surface area (Å²) in [6, 6.07) is 11.6. The predicted octanol–water partition coefficient (Wildman–Crippen LogP) is 4.95. The van der Waals surface area contributed by atoms with Crippen molar-refractivity contribution < 1.29 is 13.2 Å². The zero-order chi connectivity index (χ0) is 23.8. The average molecular weight is 504 g/mol. The first-order chi connectivity index (χ1) is 15.7. The molecule has 1 fully saturated rings. The molecule has 0 radical (unpaired) electrons.